The highest BCUT2D eigenvalue weighted by Crippen LogP contribution is 2.30. The van der Waals surface area contributed by atoms with Crippen LogP contribution in [0.1, 0.15) is 44.6 Å². The molecule has 1 fully saturated rings. The van der Waals surface area contributed by atoms with Crippen LogP contribution < -0.4 is 5.73 Å². The van der Waals surface area contributed by atoms with Crippen LogP contribution in [0.15, 0.2) is 24.5 Å². The number of nitrogens with zero attached hydrogens (tertiary/aromatic N) is 2. The third-order valence-electron chi connectivity index (χ3n) is 3.79. The number of nitrogens with two attached hydrogens (primary N) is 1. The molecule has 1 saturated carbocycles. The molecule has 3 heteroatoms. The van der Waals surface area contributed by atoms with Gasteiger partial charge in [-0.2, -0.15) is 0 Å². The molecule has 0 saturated heterocycles. The monoisotopic (exact) mass is 229 g/mol. The van der Waals surface area contributed by atoms with Gasteiger partial charge in [0.25, 0.3) is 0 Å². The van der Waals surface area contributed by atoms with Crippen molar-refractivity contribution in [3.05, 3.63) is 24.5 Å². The van der Waals surface area contributed by atoms with Crippen LogP contribution in [0.4, 0.5) is 5.69 Å². The van der Waals surface area contributed by atoms with Gasteiger partial charge in [0.1, 0.15) is 5.65 Å². The number of fused-ring (bicyclic) bond motifs is 1. The van der Waals surface area contributed by atoms with Gasteiger partial charge in [-0.05, 0) is 25.0 Å². The van der Waals surface area contributed by atoms with Crippen LogP contribution in [0.3, 0.4) is 0 Å². The van der Waals surface area contributed by atoms with Crippen LogP contribution in [0, 0.1) is 0 Å². The number of anilines is 1. The predicted octanol–water partition coefficient (Wildman–Crippen LogP) is 3.51. The average Bonchev–Trinajstić information content (AvgIpc) is 2.57. The molecule has 2 aromatic rings. The number of hydrogen-bond donors (Lipinski definition) is 1. The molecule has 0 unspecified atom stereocenters. The van der Waals surface area contributed by atoms with Crippen molar-refractivity contribution in [3.8, 4) is 0 Å². The molecule has 3 rings (SSSR count). The molecule has 0 bridgehead atoms. The van der Waals surface area contributed by atoms with Crippen molar-refractivity contribution in [2.45, 2.75) is 44.6 Å². The molecule has 1 aliphatic carbocycles. The van der Waals surface area contributed by atoms with E-state index in [2.05, 4.69) is 21.8 Å². The Hall–Kier alpha value is -1.51. The van der Waals surface area contributed by atoms with Crippen molar-refractivity contribution < 1.29 is 0 Å². The first-order valence-electron chi connectivity index (χ1n) is 6.57. The summed E-state index contributed by atoms with van der Waals surface area (Å²) in [5.74, 6) is 0. The molecule has 3 nitrogen and oxygen atoms in total. The number of nitrogen functional groups attached to an aromatic ring is 1. The molecule has 0 aliphatic heterocycles. The maximum absolute atomic E-state index is 5.76. The van der Waals surface area contributed by atoms with Gasteiger partial charge in [0.15, 0.2) is 0 Å². The molecule has 17 heavy (non-hydrogen) atoms. The normalized spacial score (nSPS) is 18.4. The van der Waals surface area contributed by atoms with Gasteiger partial charge in [-0.25, -0.2) is 4.98 Å². The average molecular weight is 229 g/mol. The molecule has 1 aliphatic rings. The summed E-state index contributed by atoms with van der Waals surface area (Å²) in [6, 6.07) is 4.77. The Balaban J connectivity index is 1.98. The Morgan fingerprint density at radius 3 is 2.71 bits per heavy atom. The third kappa shape index (κ3) is 2.02. The molecule has 90 valence electrons. The van der Waals surface area contributed by atoms with Crippen LogP contribution in [-0.4, -0.2) is 9.55 Å². The summed E-state index contributed by atoms with van der Waals surface area (Å²) in [4.78, 5) is 4.48. The van der Waals surface area contributed by atoms with E-state index in [1.54, 1.807) is 6.20 Å². The van der Waals surface area contributed by atoms with E-state index in [1.165, 1.54) is 38.5 Å². The van der Waals surface area contributed by atoms with Crippen molar-refractivity contribution in [1.82, 2.24) is 9.55 Å². The van der Waals surface area contributed by atoms with Crippen LogP contribution >= 0.6 is 0 Å². The topological polar surface area (TPSA) is 43.8 Å². The number of pyridine rings is 1. The van der Waals surface area contributed by atoms with E-state index < -0.39 is 0 Å². The first-order valence-corrected chi connectivity index (χ1v) is 6.57. The van der Waals surface area contributed by atoms with E-state index in [1.807, 2.05) is 6.07 Å². The lowest BCUT2D eigenvalue weighted by molar-refractivity contribution is 0.454. The van der Waals surface area contributed by atoms with E-state index in [9.17, 15) is 0 Å². The van der Waals surface area contributed by atoms with Gasteiger partial charge in [0.05, 0.1) is 11.9 Å². The largest absolute Gasteiger partial charge is 0.397 e. The van der Waals surface area contributed by atoms with Gasteiger partial charge in [-0.3, -0.25) is 0 Å². The van der Waals surface area contributed by atoms with Crippen molar-refractivity contribution in [2.75, 3.05) is 5.73 Å². The second-order valence-corrected chi connectivity index (χ2v) is 5.05. The first-order chi connectivity index (χ1) is 8.34. The minimum Gasteiger partial charge on any atom is -0.397 e. The lowest BCUT2D eigenvalue weighted by atomic mass is 10.1. The number of aromatic nitrogens is 2. The van der Waals surface area contributed by atoms with Crippen LogP contribution in [0.2, 0.25) is 0 Å². The Bertz CT molecular complexity index is 507. The zero-order valence-corrected chi connectivity index (χ0v) is 10.1. The molecule has 0 spiro atoms. The summed E-state index contributed by atoms with van der Waals surface area (Å²) in [5, 5.41) is 1.16. The van der Waals surface area contributed by atoms with Gasteiger partial charge >= 0.3 is 0 Å². The molecule has 0 amide bonds. The fourth-order valence-corrected chi connectivity index (χ4v) is 2.89. The standard InChI is InChI=1S/C14H19N3/c15-12-9-11-7-8-17(14(11)16-10-12)13-5-3-1-2-4-6-13/h7-10,13H,1-6,15H2. The van der Waals surface area contributed by atoms with Gasteiger partial charge in [-0.15, -0.1) is 0 Å². The summed E-state index contributed by atoms with van der Waals surface area (Å²) in [6.07, 6.45) is 12.0. The van der Waals surface area contributed by atoms with E-state index in [-0.39, 0.29) is 0 Å². The third-order valence-corrected chi connectivity index (χ3v) is 3.79. The second-order valence-electron chi connectivity index (χ2n) is 5.05. The lowest BCUT2D eigenvalue weighted by Gasteiger charge is -2.17. The molecule has 0 radical (unpaired) electrons. The van der Waals surface area contributed by atoms with Gasteiger partial charge in [-0.1, -0.05) is 25.7 Å². The Labute approximate surface area is 102 Å². The zero-order chi connectivity index (χ0) is 11.7. The molecular formula is C14H19N3. The molecule has 0 aromatic carbocycles. The van der Waals surface area contributed by atoms with E-state index >= 15 is 0 Å². The maximum atomic E-state index is 5.76. The minimum atomic E-state index is 0.631. The highest BCUT2D eigenvalue weighted by molar-refractivity contribution is 5.79. The smallest absolute Gasteiger partial charge is 0.140 e. The van der Waals surface area contributed by atoms with Crippen LogP contribution in [0.25, 0.3) is 11.0 Å². The van der Waals surface area contributed by atoms with Crippen LogP contribution in [-0.2, 0) is 0 Å². The fourth-order valence-electron chi connectivity index (χ4n) is 2.89. The summed E-state index contributed by atoms with van der Waals surface area (Å²) in [5.41, 5.74) is 7.60. The Morgan fingerprint density at radius 2 is 1.94 bits per heavy atom. The van der Waals surface area contributed by atoms with Crippen molar-refractivity contribution in [2.24, 2.45) is 0 Å². The highest BCUT2D eigenvalue weighted by Gasteiger charge is 2.16. The summed E-state index contributed by atoms with van der Waals surface area (Å²) >= 11 is 0. The SMILES string of the molecule is Nc1cnc2c(ccn2C2CCCCCC2)c1. The molecule has 2 N–H and O–H groups in total. The molecule has 2 heterocycles. The Morgan fingerprint density at radius 1 is 1.18 bits per heavy atom. The first kappa shape index (κ1) is 10.6. The quantitative estimate of drug-likeness (QED) is 0.760. The summed E-state index contributed by atoms with van der Waals surface area (Å²) < 4.78 is 2.35. The van der Waals surface area contributed by atoms with Gasteiger partial charge in [0.2, 0.25) is 0 Å². The summed E-state index contributed by atoms with van der Waals surface area (Å²) in [7, 11) is 0. The number of rotatable bonds is 1. The van der Waals surface area contributed by atoms with E-state index in [0.29, 0.717) is 6.04 Å². The highest BCUT2D eigenvalue weighted by atomic mass is 15.1. The zero-order valence-electron chi connectivity index (χ0n) is 10.1. The molecule has 2 aromatic heterocycles. The maximum Gasteiger partial charge on any atom is 0.140 e. The van der Waals surface area contributed by atoms with Crippen molar-refractivity contribution in [3.63, 3.8) is 0 Å². The van der Waals surface area contributed by atoms with Crippen molar-refractivity contribution in [1.29, 1.82) is 0 Å². The fraction of sp³-hybridized carbons (Fsp3) is 0.500. The molecular weight excluding hydrogens is 210 g/mol. The minimum absolute atomic E-state index is 0.631. The van der Waals surface area contributed by atoms with E-state index in [4.69, 9.17) is 5.73 Å². The van der Waals surface area contributed by atoms with Crippen molar-refractivity contribution >= 4 is 16.7 Å². The second kappa shape index (κ2) is 4.40. The van der Waals surface area contributed by atoms with Gasteiger partial charge < -0.3 is 10.3 Å². The Kier molecular flexibility index (Phi) is 2.75. The van der Waals surface area contributed by atoms with E-state index in [0.717, 1.165) is 16.7 Å². The molecule has 0 atom stereocenters. The summed E-state index contributed by atoms with van der Waals surface area (Å²) in [6.45, 7) is 0. The predicted molar refractivity (Wildman–Crippen MR) is 70.9 cm³/mol. The lowest BCUT2D eigenvalue weighted by Crippen LogP contribution is -2.07. The van der Waals surface area contributed by atoms with Gasteiger partial charge in [0, 0.05) is 17.6 Å². The number of hydrogen-bond acceptors (Lipinski definition) is 2. The van der Waals surface area contributed by atoms with Crippen LogP contribution in [0.5, 0.6) is 0 Å².